The Bertz CT molecular complexity index is 131. The Morgan fingerprint density at radius 2 is 2.45 bits per heavy atom. The van der Waals surface area contributed by atoms with Gasteiger partial charge >= 0.3 is 5.97 Å². The third-order valence-corrected chi connectivity index (χ3v) is 1.15. The first kappa shape index (κ1) is 10.2. The van der Waals surface area contributed by atoms with Crippen molar-refractivity contribution in [2.24, 2.45) is 0 Å². The van der Waals surface area contributed by atoms with Gasteiger partial charge in [0.25, 0.3) is 0 Å². The number of rotatable bonds is 5. The molecule has 0 radical (unpaired) electrons. The number of carbonyl (C=O) groups is 1. The van der Waals surface area contributed by atoms with Gasteiger partial charge in [0.2, 0.25) is 0 Å². The van der Waals surface area contributed by atoms with Crippen LogP contribution in [0.5, 0.6) is 0 Å². The molecule has 0 aliphatic heterocycles. The van der Waals surface area contributed by atoms with Crippen molar-refractivity contribution in [3.8, 4) is 0 Å². The van der Waals surface area contributed by atoms with Gasteiger partial charge in [-0.2, -0.15) is 0 Å². The highest BCUT2D eigenvalue weighted by molar-refractivity contribution is 5.69. The smallest absolute Gasteiger partial charge is 0.308 e. The lowest BCUT2D eigenvalue weighted by molar-refractivity contribution is -0.145. The lowest BCUT2D eigenvalue weighted by atomic mass is 10.2. The van der Waals surface area contributed by atoms with Crippen LogP contribution in [-0.2, 0) is 9.53 Å². The highest BCUT2D eigenvalue weighted by Crippen LogP contribution is 1.99. The van der Waals surface area contributed by atoms with E-state index in [1.54, 1.807) is 13.0 Å². The minimum absolute atomic E-state index is 0.0554. The van der Waals surface area contributed by atoms with Crippen molar-refractivity contribution in [2.75, 3.05) is 6.61 Å². The number of hydrogen-bond acceptors (Lipinski definition) is 3. The van der Waals surface area contributed by atoms with Gasteiger partial charge in [0, 0.05) is 0 Å². The van der Waals surface area contributed by atoms with E-state index < -0.39 is 6.10 Å². The van der Waals surface area contributed by atoms with Gasteiger partial charge in [-0.05, 0) is 13.3 Å². The van der Waals surface area contributed by atoms with Crippen molar-refractivity contribution in [1.82, 2.24) is 0 Å². The first-order chi connectivity index (χ1) is 5.20. The minimum Gasteiger partial charge on any atom is -0.466 e. The van der Waals surface area contributed by atoms with Crippen molar-refractivity contribution in [1.29, 1.82) is 0 Å². The van der Waals surface area contributed by atoms with E-state index in [2.05, 4.69) is 11.3 Å². The molecule has 1 atom stereocenters. The summed E-state index contributed by atoms with van der Waals surface area (Å²) >= 11 is 0. The topological polar surface area (TPSA) is 46.5 Å². The van der Waals surface area contributed by atoms with E-state index in [9.17, 15) is 4.79 Å². The lowest BCUT2D eigenvalue weighted by Crippen LogP contribution is -2.14. The van der Waals surface area contributed by atoms with Crippen molar-refractivity contribution in [2.45, 2.75) is 25.9 Å². The Morgan fingerprint density at radius 1 is 1.82 bits per heavy atom. The second kappa shape index (κ2) is 5.92. The summed E-state index contributed by atoms with van der Waals surface area (Å²) in [5.41, 5.74) is 0. The highest BCUT2D eigenvalue weighted by Gasteiger charge is 2.08. The molecular weight excluding hydrogens is 144 g/mol. The molecule has 0 aromatic carbocycles. The van der Waals surface area contributed by atoms with Crippen molar-refractivity contribution in [3.63, 3.8) is 0 Å². The predicted molar refractivity (Wildman–Crippen MR) is 42.1 cm³/mol. The molecule has 0 aromatic heterocycles. The van der Waals surface area contributed by atoms with Crippen LogP contribution in [0, 0.1) is 0 Å². The number of hydrogen-bond donors (Lipinski definition) is 1. The van der Waals surface area contributed by atoms with Crippen LogP contribution >= 0.6 is 0 Å². The average molecular weight is 158 g/mol. The molecule has 11 heavy (non-hydrogen) atoms. The normalized spacial score (nSPS) is 12.2. The van der Waals surface area contributed by atoms with Gasteiger partial charge in [-0.3, -0.25) is 4.79 Å². The Morgan fingerprint density at radius 3 is 2.91 bits per heavy atom. The molecule has 0 amide bonds. The fourth-order valence-electron chi connectivity index (χ4n) is 0.688. The molecule has 0 aromatic rings. The molecule has 0 unspecified atom stereocenters. The molecule has 3 nitrogen and oxygen atoms in total. The summed E-state index contributed by atoms with van der Waals surface area (Å²) in [4.78, 5) is 10.7. The van der Waals surface area contributed by atoms with E-state index in [4.69, 9.17) is 5.11 Å². The lowest BCUT2D eigenvalue weighted by Gasteiger charge is -2.05. The summed E-state index contributed by atoms with van der Waals surface area (Å²) in [6.45, 7) is 5.54. The zero-order chi connectivity index (χ0) is 8.69. The Hall–Kier alpha value is -0.830. The maximum atomic E-state index is 10.7. The first-order valence-electron chi connectivity index (χ1n) is 3.65. The standard InChI is InChI=1S/C8H14O3/c1-3-5-7(9)6-8(10)11-4-2/h3,7,9H,1,4-6H2,2H3/t7-/m0/s1. The maximum Gasteiger partial charge on any atom is 0.308 e. The summed E-state index contributed by atoms with van der Waals surface area (Å²) in [6, 6.07) is 0. The number of esters is 1. The van der Waals surface area contributed by atoms with Crippen LogP contribution in [0.4, 0.5) is 0 Å². The van der Waals surface area contributed by atoms with E-state index in [0.29, 0.717) is 13.0 Å². The van der Waals surface area contributed by atoms with Crippen molar-refractivity contribution < 1.29 is 14.6 Å². The Kier molecular flexibility index (Phi) is 5.47. The SMILES string of the molecule is C=CC[C@H](O)CC(=O)OCC. The fraction of sp³-hybridized carbons (Fsp3) is 0.625. The van der Waals surface area contributed by atoms with Gasteiger partial charge in [-0.15, -0.1) is 6.58 Å². The molecule has 0 heterocycles. The monoisotopic (exact) mass is 158 g/mol. The van der Waals surface area contributed by atoms with Crippen LogP contribution in [0.1, 0.15) is 19.8 Å². The predicted octanol–water partition coefficient (Wildman–Crippen LogP) is 0.877. The Labute approximate surface area is 66.7 Å². The maximum absolute atomic E-state index is 10.7. The number of aliphatic hydroxyl groups excluding tert-OH is 1. The van der Waals surface area contributed by atoms with E-state index in [1.165, 1.54) is 0 Å². The molecule has 0 rings (SSSR count). The second-order valence-electron chi connectivity index (χ2n) is 2.19. The van der Waals surface area contributed by atoms with Gasteiger partial charge in [-0.1, -0.05) is 6.08 Å². The van der Waals surface area contributed by atoms with Gasteiger partial charge in [0.1, 0.15) is 0 Å². The average Bonchev–Trinajstić information content (AvgIpc) is 1.87. The molecule has 0 aliphatic rings. The molecule has 0 aliphatic carbocycles. The zero-order valence-corrected chi connectivity index (χ0v) is 6.75. The van der Waals surface area contributed by atoms with E-state index in [-0.39, 0.29) is 12.4 Å². The van der Waals surface area contributed by atoms with Crippen LogP contribution in [0.2, 0.25) is 0 Å². The third kappa shape index (κ3) is 5.61. The van der Waals surface area contributed by atoms with Crippen molar-refractivity contribution >= 4 is 5.97 Å². The number of aliphatic hydroxyl groups is 1. The third-order valence-electron chi connectivity index (χ3n) is 1.15. The Balaban J connectivity index is 3.48. The van der Waals surface area contributed by atoms with Crippen LogP contribution in [0.3, 0.4) is 0 Å². The summed E-state index contributed by atoms with van der Waals surface area (Å²) in [6.07, 6.45) is 1.41. The van der Waals surface area contributed by atoms with Gasteiger partial charge < -0.3 is 9.84 Å². The molecule has 0 saturated heterocycles. The van der Waals surface area contributed by atoms with Crippen LogP contribution in [-0.4, -0.2) is 23.8 Å². The quantitative estimate of drug-likeness (QED) is 0.477. The largest absolute Gasteiger partial charge is 0.466 e. The van der Waals surface area contributed by atoms with E-state index >= 15 is 0 Å². The second-order valence-corrected chi connectivity index (χ2v) is 2.19. The molecule has 0 bridgehead atoms. The summed E-state index contributed by atoms with van der Waals surface area (Å²) < 4.78 is 4.63. The molecule has 0 spiro atoms. The number of carbonyl (C=O) groups excluding carboxylic acids is 1. The molecule has 0 fully saturated rings. The first-order valence-corrected chi connectivity index (χ1v) is 3.65. The molecule has 1 N–H and O–H groups in total. The van der Waals surface area contributed by atoms with Crippen LogP contribution in [0.25, 0.3) is 0 Å². The molecular formula is C8H14O3. The van der Waals surface area contributed by atoms with Crippen LogP contribution in [0.15, 0.2) is 12.7 Å². The van der Waals surface area contributed by atoms with Gasteiger partial charge in [-0.25, -0.2) is 0 Å². The van der Waals surface area contributed by atoms with E-state index in [1.807, 2.05) is 0 Å². The summed E-state index contributed by atoms with van der Waals surface area (Å²) in [5.74, 6) is -0.359. The van der Waals surface area contributed by atoms with Gasteiger partial charge in [0.15, 0.2) is 0 Å². The summed E-state index contributed by atoms with van der Waals surface area (Å²) in [7, 11) is 0. The molecule has 64 valence electrons. The molecule has 3 heteroatoms. The van der Waals surface area contributed by atoms with E-state index in [0.717, 1.165) is 0 Å². The van der Waals surface area contributed by atoms with Crippen LogP contribution < -0.4 is 0 Å². The fourth-order valence-corrected chi connectivity index (χ4v) is 0.688. The number of ether oxygens (including phenoxy) is 1. The van der Waals surface area contributed by atoms with Crippen molar-refractivity contribution in [3.05, 3.63) is 12.7 Å². The minimum atomic E-state index is -0.647. The van der Waals surface area contributed by atoms with Gasteiger partial charge in [0.05, 0.1) is 19.1 Å². The molecule has 0 saturated carbocycles. The summed E-state index contributed by atoms with van der Waals surface area (Å²) in [5, 5.41) is 9.07. The highest BCUT2D eigenvalue weighted by atomic mass is 16.5. The zero-order valence-electron chi connectivity index (χ0n) is 6.75.